The maximum absolute atomic E-state index is 10.6. The first-order valence-corrected chi connectivity index (χ1v) is 6.54. The zero-order valence-electron chi connectivity index (χ0n) is 11.9. The summed E-state index contributed by atoms with van der Waals surface area (Å²) in [6.45, 7) is 0. The summed E-state index contributed by atoms with van der Waals surface area (Å²) >= 11 is 0. The molecule has 0 spiro atoms. The van der Waals surface area contributed by atoms with Crippen molar-refractivity contribution in [2.75, 3.05) is 0 Å². The van der Waals surface area contributed by atoms with E-state index in [9.17, 15) is 20.2 Å². The highest BCUT2D eigenvalue weighted by Gasteiger charge is 2.18. The minimum Gasteiger partial charge on any atom is -0.329 e. The summed E-state index contributed by atoms with van der Waals surface area (Å²) in [6.07, 6.45) is 0. The van der Waals surface area contributed by atoms with Gasteiger partial charge in [0.2, 0.25) is 0 Å². The molecule has 0 aromatic heterocycles. The van der Waals surface area contributed by atoms with Crippen LogP contribution in [0.5, 0.6) is 0 Å². The van der Waals surface area contributed by atoms with Gasteiger partial charge in [-0.05, 0) is 34.6 Å². The van der Waals surface area contributed by atoms with Gasteiger partial charge in [-0.3, -0.25) is 20.2 Å². The third-order valence-electron chi connectivity index (χ3n) is 3.08. The van der Waals surface area contributed by atoms with Crippen LogP contribution in [0, 0.1) is 20.2 Å². The number of non-ortho nitro benzene ring substituents is 2. The Bertz CT molecular complexity index is 784. The smallest absolute Gasteiger partial charge is 0.291 e. The van der Waals surface area contributed by atoms with Gasteiger partial charge in [0.15, 0.2) is 0 Å². The van der Waals surface area contributed by atoms with E-state index in [-0.39, 0.29) is 23.2 Å². The van der Waals surface area contributed by atoms with Crippen molar-refractivity contribution < 1.29 is 19.5 Å². The Morgan fingerprint density at radius 3 is 1.25 bits per heavy atom. The first-order chi connectivity index (χ1) is 11.5. The lowest BCUT2D eigenvalue weighted by Gasteiger charge is -2.11. The van der Waals surface area contributed by atoms with Gasteiger partial charge in [-0.15, -0.1) is 0 Å². The monoisotopic (exact) mass is 328 g/mol. The maximum Gasteiger partial charge on any atom is 0.291 e. The Morgan fingerprint density at radius 2 is 1.00 bits per heavy atom. The van der Waals surface area contributed by atoms with Crippen LogP contribution in [0.25, 0.3) is 0 Å². The van der Waals surface area contributed by atoms with Crippen LogP contribution in [0.1, 0.15) is 11.1 Å². The second kappa shape index (κ2) is 6.12. The average molecular weight is 328 g/mol. The molecule has 1 heterocycles. The molecule has 2 aromatic carbocycles. The van der Waals surface area contributed by atoms with Gasteiger partial charge >= 0.3 is 0 Å². The topological polar surface area (TPSA) is 129 Å². The highest BCUT2D eigenvalue weighted by Crippen LogP contribution is 2.17. The predicted molar refractivity (Wildman–Crippen MR) is 81.4 cm³/mol. The van der Waals surface area contributed by atoms with Crippen LogP contribution in [0.4, 0.5) is 11.4 Å². The molecule has 0 amide bonds. The van der Waals surface area contributed by atoms with Gasteiger partial charge in [0.1, 0.15) is 0 Å². The summed E-state index contributed by atoms with van der Waals surface area (Å²) in [5.41, 5.74) is 0.775. The highest BCUT2D eigenvalue weighted by atomic mass is 16.7. The molecule has 0 unspecified atom stereocenters. The van der Waals surface area contributed by atoms with Gasteiger partial charge in [-0.2, -0.15) is 0 Å². The molecule has 2 aromatic rings. The number of benzene rings is 2. The molecule has 0 atom stereocenters. The van der Waals surface area contributed by atoms with Crippen molar-refractivity contribution in [2.45, 2.75) is 0 Å². The van der Waals surface area contributed by atoms with Crippen molar-refractivity contribution in [3.8, 4) is 0 Å². The van der Waals surface area contributed by atoms with Crippen molar-refractivity contribution in [3.05, 3.63) is 79.9 Å². The molecule has 0 fully saturated rings. The van der Waals surface area contributed by atoms with Crippen LogP contribution in [0.15, 0.2) is 58.8 Å². The summed E-state index contributed by atoms with van der Waals surface area (Å²) in [6, 6.07) is 11.0. The zero-order valence-corrected chi connectivity index (χ0v) is 11.9. The van der Waals surface area contributed by atoms with Gasteiger partial charge in [-0.1, -0.05) is 0 Å². The van der Waals surface area contributed by atoms with Gasteiger partial charge < -0.3 is 9.68 Å². The van der Waals surface area contributed by atoms with E-state index in [1.165, 1.54) is 48.5 Å². The molecule has 1 aliphatic rings. The molecule has 0 aliphatic carbocycles. The number of oxime groups is 2. The average Bonchev–Trinajstić information content (AvgIpc) is 2.62. The van der Waals surface area contributed by atoms with E-state index in [2.05, 4.69) is 10.3 Å². The summed E-state index contributed by atoms with van der Waals surface area (Å²) in [5.74, 6) is 0.0751. The van der Waals surface area contributed by atoms with Crippen molar-refractivity contribution in [1.29, 1.82) is 0 Å². The fourth-order valence-electron chi connectivity index (χ4n) is 1.86. The molecule has 1 aliphatic heterocycles. The molecule has 3 rings (SSSR count). The fraction of sp³-hybridized carbons (Fsp3) is 0. The summed E-state index contributed by atoms with van der Waals surface area (Å²) in [7, 11) is 0. The van der Waals surface area contributed by atoms with E-state index in [1.807, 2.05) is 0 Å². The van der Waals surface area contributed by atoms with Crippen molar-refractivity contribution in [2.24, 2.45) is 10.3 Å². The van der Waals surface area contributed by atoms with E-state index in [0.29, 0.717) is 11.1 Å². The number of hydrogen-bond donors (Lipinski definition) is 0. The third kappa shape index (κ3) is 3.02. The number of nitro groups is 2. The van der Waals surface area contributed by atoms with Gasteiger partial charge in [-0.25, -0.2) is 0 Å². The quantitative estimate of drug-likeness (QED) is 0.626. The molecule has 10 heteroatoms. The Labute approximate surface area is 133 Å². The number of rotatable bonds is 4. The molecule has 120 valence electrons. The van der Waals surface area contributed by atoms with Crippen LogP contribution in [-0.4, -0.2) is 21.6 Å². The normalized spacial score (nSPS) is 13.2. The van der Waals surface area contributed by atoms with E-state index in [4.69, 9.17) is 9.68 Å². The van der Waals surface area contributed by atoms with E-state index in [1.54, 1.807) is 0 Å². The molecule has 24 heavy (non-hydrogen) atoms. The Morgan fingerprint density at radius 1 is 0.667 bits per heavy atom. The molecule has 0 saturated carbocycles. The SMILES string of the molecule is O=[N+]([O-])c1ccc(C2=NOC(c3ccc([N+](=O)[O-])cc3)=NO2)cc1. The minimum atomic E-state index is -0.519. The van der Waals surface area contributed by atoms with Gasteiger partial charge in [0, 0.05) is 35.4 Å². The number of hydrogen-bond acceptors (Lipinski definition) is 8. The number of nitro benzene ring substituents is 2. The lowest BCUT2D eigenvalue weighted by atomic mass is 10.2. The minimum absolute atomic E-state index is 0.0376. The summed E-state index contributed by atoms with van der Waals surface area (Å²) in [5, 5.41) is 28.7. The molecule has 0 bridgehead atoms. The van der Waals surface area contributed by atoms with E-state index in [0.717, 1.165) is 0 Å². The largest absolute Gasteiger partial charge is 0.329 e. The van der Waals surface area contributed by atoms with Crippen LogP contribution in [0.3, 0.4) is 0 Å². The van der Waals surface area contributed by atoms with Crippen LogP contribution in [-0.2, 0) is 9.68 Å². The lowest BCUT2D eigenvalue weighted by molar-refractivity contribution is -0.385. The van der Waals surface area contributed by atoms with Crippen LogP contribution >= 0.6 is 0 Å². The van der Waals surface area contributed by atoms with E-state index < -0.39 is 9.85 Å². The first kappa shape index (κ1) is 15.1. The summed E-state index contributed by atoms with van der Waals surface area (Å²) < 4.78 is 0. The molecule has 0 N–H and O–H groups in total. The molecule has 0 radical (unpaired) electrons. The Kier molecular flexibility index (Phi) is 3.85. The fourth-order valence-corrected chi connectivity index (χ4v) is 1.86. The standard InChI is InChI=1S/C14H8N4O6/c19-17(20)11-5-1-9(2-6-11)13-15-24-14(16-23-13)10-3-7-12(8-4-10)18(21)22/h1-8H. The highest BCUT2D eigenvalue weighted by molar-refractivity contribution is 5.99. The van der Waals surface area contributed by atoms with Crippen molar-refractivity contribution in [3.63, 3.8) is 0 Å². The molecule has 10 nitrogen and oxygen atoms in total. The van der Waals surface area contributed by atoms with Gasteiger partial charge in [0.25, 0.3) is 23.2 Å². The Hall–Kier alpha value is -3.82. The predicted octanol–water partition coefficient (Wildman–Crippen LogP) is 2.57. The number of nitrogens with zero attached hydrogens (tertiary/aromatic N) is 4. The van der Waals surface area contributed by atoms with Crippen LogP contribution in [0.2, 0.25) is 0 Å². The molecular formula is C14H8N4O6. The zero-order chi connectivity index (χ0) is 17.1. The van der Waals surface area contributed by atoms with Crippen molar-refractivity contribution in [1.82, 2.24) is 0 Å². The maximum atomic E-state index is 10.6. The molecular weight excluding hydrogens is 320 g/mol. The first-order valence-electron chi connectivity index (χ1n) is 6.54. The van der Waals surface area contributed by atoms with Gasteiger partial charge in [0.05, 0.1) is 9.85 Å². The molecule has 0 saturated heterocycles. The Balaban J connectivity index is 1.73. The second-order valence-electron chi connectivity index (χ2n) is 4.58. The van der Waals surface area contributed by atoms with E-state index >= 15 is 0 Å². The van der Waals surface area contributed by atoms with Crippen LogP contribution < -0.4 is 0 Å². The van der Waals surface area contributed by atoms with Crippen molar-refractivity contribution >= 4 is 23.2 Å². The lowest BCUT2D eigenvalue weighted by Crippen LogP contribution is -2.15. The third-order valence-corrected chi connectivity index (χ3v) is 3.08. The summed E-state index contributed by atoms with van der Waals surface area (Å²) in [4.78, 5) is 30.4. The second-order valence-corrected chi connectivity index (χ2v) is 4.58.